The Balaban J connectivity index is 1.12. The molecule has 4 aromatic rings. The molecule has 0 unspecified atom stereocenters. The van der Waals surface area contributed by atoms with Gasteiger partial charge in [0.05, 0.1) is 23.4 Å². The summed E-state index contributed by atoms with van der Waals surface area (Å²) < 4.78 is 59.8. The van der Waals surface area contributed by atoms with Crippen LogP contribution in [-0.2, 0) is 22.9 Å². The summed E-state index contributed by atoms with van der Waals surface area (Å²) in [5.41, 5.74) is 5.67. The molecule has 3 heterocycles. The van der Waals surface area contributed by atoms with Crippen LogP contribution < -0.4 is 4.74 Å². The normalized spacial score (nSPS) is 15.6. The third kappa shape index (κ3) is 5.41. The molecule has 6 rings (SSSR count). The lowest BCUT2D eigenvalue weighted by Gasteiger charge is -2.30. The Morgan fingerprint density at radius 3 is 2.17 bits per heavy atom. The average Bonchev–Trinajstić information content (AvgIpc) is 3.65. The summed E-state index contributed by atoms with van der Waals surface area (Å²) in [6.07, 6.45) is 4.43. The van der Waals surface area contributed by atoms with Gasteiger partial charge in [-0.15, -0.1) is 9.19 Å². The Kier molecular flexibility index (Phi) is 7.20. The number of benzene rings is 3. The van der Waals surface area contributed by atoms with E-state index < -0.39 is 10.0 Å². The minimum Gasteiger partial charge on any atom is -0.493 e. The van der Waals surface area contributed by atoms with Crippen LogP contribution in [0, 0.1) is 11.6 Å². The van der Waals surface area contributed by atoms with E-state index in [2.05, 4.69) is 15.2 Å². The van der Waals surface area contributed by atoms with E-state index in [-0.39, 0.29) is 16.5 Å². The molecular weight excluding hydrogens is 534 g/mol. The molecule has 2 aliphatic rings. The molecule has 2 aliphatic heterocycles. The van der Waals surface area contributed by atoms with Gasteiger partial charge in [0.25, 0.3) is 10.0 Å². The van der Waals surface area contributed by atoms with Gasteiger partial charge in [-0.1, -0.05) is 41.1 Å². The third-order valence-electron chi connectivity index (χ3n) is 7.50. The van der Waals surface area contributed by atoms with Crippen LogP contribution in [0.3, 0.4) is 0 Å². The van der Waals surface area contributed by atoms with Gasteiger partial charge in [-0.3, -0.25) is 0 Å². The van der Waals surface area contributed by atoms with Crippen molar-refractivity contribution >= 4 is 15.6 Å². The molecule has 7 nitrogen and oxygen atoms in total. The molecule has 0 atom stereocenters. The maximum absolute atomic E-state index is 13.6. The lowest BCUT2D eigenvalue weighted by atomic mass is 9.88. The van der Waals surface area contributed by atoms with E-state index in [0.29, 0.717) is 31.0 Å². The highest BCUT2D eigenvalue weighted by atomic mass is 32.2. The van der Waals surface area contributed by atoms with E-state index in [1.54, 1.807) is 42.5 Å². The van der Waals surface area contributed by atoms with Crippen LogP contribution in [-0.4, -0.2) is 54.0 Å². The first-order chi connectivity index (χ1) is 19.4. The predicted molar refractivity (Wildman–Crippen MR) is 146 cm³/mol. The van der Waals surface area contributed by atoms with Gasteiger partial charge in [0.1, 0.15) is 17.4 Å². The molecule has 0 saturated carbocycles. The van der Waals surface area contributed by atoms with Crippen LogP contribution in [0.2, 0.25) is 0 Å². The zero-order valence-electron chi connectivity index (χ0n) is 21.8. The number of rotatable bonds is 7. The summed E-state index contributed by atoms with van der Waals surface area (Å²) in [6, 6.07) is 17.7. The van der Waals surface area contributed by atoms with Crippen molar-refractivity contribution < 1.29 is 21.9 Å². The van der Waals surface area contributed by atoms with E-state index in [1.807, 2.05) is 0 Å². The molecule has 1 saturated heterocycles. The van der Waals surface area contributed by atoms with E-state index in [9.17, 15) is 17.2 Å². The number of halogens is 2. The SMILES string of the molecule is O=S(=O)(c1ccc2c(c1)OCC2)n1cc(CCN2CCC(=C(c3ccc(F)cc3)c3ccc(F)cc3)CC2)nn1. The van der Waals surface area contributed by atoms with Crippen molar-refractivity contribution in [3.05, 3.63) is 113 Å². The number of aromatic nitrogens is 3. The Hall–Kier alpha value is -3.89. The van der Waals surface area contributed by atoms with E-state index >= 15 is 0 Å². The molecule has 0 spiro atoms. The minimum absolute atomic E-state index is 0.123. The molecule has 0 N–H and O–H groups in total. The van der Waals surface area contributed by atoms with Crippen molar-refractivity contribution in [2.75, 3.05) is 26.2 Å². The molecule has 0 aliphatic carbocycles. The zero-order valence-corrected chi connectivity index (χ0v) is 22.6. The number of hydrogen-bond acceptors (Lipinski definition) is 6. The number of hydrogen-bond donors (Lipinski definition) is 0. The van der Waals surface area contributed by atoms with Gasteiger partial charge in [0.2, 0.25) is 0 Å². The highest BCUT2D eigenvalue weighted by Gasteiger charge is 2.24. The van der Waals surface area contributed by atoms with Gasteiger partial charge < -0.3 is 9.64 Å². The molecule has 40 heavy (non-hydrogen) atoms. The van der Waals surface area contributed by atoms with E-state index in [1.165, 1.54) is 36.0 Å². The smallest absolute Gasteiger partial charge is 0.284 e. The zero-order chi connectivity index (χ0) is 27.7. The number of piperidine rings is 1. The topological polar surface area (TPSA) is 77.3 Å². The second-order valence-corrected chi connectivity index (χ2v) is 11.8. The Bertz CT molecular complexity index is 1610. The van der Waals surface area contributed by atoms with Crippen molar-refractivity contribution in [1.82, 2.24) is 19.3 Å². The summed E-state index contributed by atoms with van der Waals surface area (Å²) in [7, 11) is -3.86. The van der Waals surface area contributed by atoms with Crippen LogP contribution in [0.25, 0.3) is 5.57 Å². The van der Waals surface area contributed by atoms with Crippen LogP contribution in [0.5, 0.6) is 5.75 Å². The molecule has 0 bridgehead atoms. The summed E-state index contributed by atoms with van der Waals surface area (Å²) in [5.74, 6) is 0.00282. The van der Waals surface area contributed by atoms with Gasteiger partial charge in [0, 0.05) is 38.5 Å². The maximum Gasteiger partial charge on any atom is 0.284 e. The highest BCUT2D eigenvalue weighted by Crippen LogP contribution is 2.33. The molecule has 1 aromatic heterocycles. The largest absolute Gasteiger partial charge is 0.493 e. The molecule has 206 valence electrons. The summed E-state index contributed by atoms with van der Waals surface area (Å²) in [4.78, 5) is 2.43. The Labute approximate surface area is 231 Å². The molecule has 0 radical (unpaired) electrons. The third-order valence-corrected chi connectivity index (χ3v) is 9.02. The van der Waals surface area contributed by atoms with Crippen LogP contribution in [0.4, 0.5) is 8.78 Å². The standard InChI is InChI=1S/C30H28F2N4O3S/c31-25-6-1-22(2-7-25)30(23-3-8-26(32)9-4-23)24-11-15-35(16-12-24)17-13-27-20-36(34-33-27)40(37,38)28-10-5-21-14-18-39-29(21)19-28/h1-10,19-20H,11-18H2. The van der Waals surface area contributed by atoms with Crippen molar-refractivity contribution in [2.45, 2.75) is 30.6 Å². The lowest BCUT2D eigenvalue weighted by molar-refractivity contribution is 0.259. The minimum atomic E-state index is -3.86. The number of likely N-dealkylation sites (tertiary alicyclic amines) is 1. The monoisotopic (exact) mass is 562 g/mol. The van der Waals surface area contributed by atoms with Gasteiger partial charge in [-0.2, -0.15) is 8.42 Å². The first kappa shape index (κ1) is 26.3. The van der Waals surface area contributed by atoms with E-state index in [0.717, 1.165) is 58.7 Å². The van der Waals surface area contributed by atoms with Crippen LogP contribution in [0.1, 0.15) is 35.2 Å². The summed E-state index contributed by atoms with van der Waals surface area (Å²) in [5, 5.41) is 8.00. The second kappa shape index (κ2) is 10.9. The fourth-order valence-electron chi connectivity index (χ4n) is 5.31. The van der Waals surface area contributed by atoms with Crippen LogP contribution >= 0.6 is 0 Å². The van der Waals surface area contributed by atoms with Crippen LogP contribution in [0.15, 0.2) is 83.4 Å². The fourth-order valence-corrected chi connectivity index (χ4v) is 6.41. The quantitative estimate of drug-likeness (QED) is 0.320. The van der Waals surface area contributed by atoms with E-state index in [4.69, 9.17) is 4.74 Å². The molecule has 10 heteroatoms. The fraction of sp³-hybridized carbons (Fsp3) is 0.267. The Morgan fingerprint density at radius 1 is 0.875 bits per heavy atom. The average molecular weight is 563 g/mol. The molecule has 3 aromatic carbocycles. The second-order valence-electron chi connectivity index (χ2n) is 10.0. The van der Waals surface area contributed by atoms with Gasteiger partial charge >= 0.3 is 0 Å². The van der Waals surface area contributed by atoms with Gasteiger partial charge in [-0.25, -0.2) is 8.78 Å². The maximum atomic E-state index is 13.6. The number of ether oxygens (including phenoxy) is 1. The number of nitrogens with zero attached hydrogens (tertiary/aromatic N) is 4. The van der Waals surface area contributed by atoms with Crippen molar-refractivity contribution in [2.24, 2.45) is 0 Å². The van der Waals surface area contributed by atoms with Gasteiger partial charge in [-0.05, 0) is 65.4 Å². The van der Waals surface area contributed by atoms with Crippen molar-refractivity contribution in [3.63, 3.8) is 0 Å². The summed E-state index contributed by atoms with van der Waals surface area (Å²) >= 11 is 0. The summed E-state index contributed by atoms with van der Waals surface area (Å²) in [6.45, 7) is 2.88. The Morgan fingerprint density at radius 2 is 1.52 bits per heavy atom. The lowest BCUT2D eigenvalue weighted by Crippen LogP contribution is -2.33. The van der Waals surface area contributed by atoms with Crippen molar-refractivity contribution in [1.29, 1.82) is 0 Å². The number of fused-ring (bicyclic) bond motifs is 1. The molecular formula is C30H28F2N4O3S. The predicted octanol–water partition coefficient (Wildman–Crippen LogP) is 4.87. The first-order valence-electron chi connectivity index (χ1n) is 13.3. The van der Waals surface area contributed by atoms with Gasteiger partial charge in [0.15, 0.2) is 0 Å². The first-order valence-corrected chi connectivity index (χ1v) is 14.7. The highest BCUT2D eigenvalue weighted by molar-refractivity contribution is 7.89. The molecule has 0 amide bonds. The molecule has 1 fully saturated rings. The van der Waals surface area contributed by atoms with Crippen molar-refractivity contribution in [3.8, 4) is 5.75 Å².